The maximum atomic E-state index is 12.2. The molecule has 0 saturated heterocycles. The predicted molar refractivity (Wildman–Crippen MR) is 101 cm³/mol. The second-order valence-corrected chi connectivity index (χ2v) is 7.44. The van der Waals surface area contributed by atoms with Crippen LogP contribution in [-0.4, -0.2) is 17.6 Å². The van der Waals surface area contributed by atoms with Crippen LogP contribution in [0.15, 0.2) is 36.2 Å². The minimum absolute atomic E-state index is 0.172. The first kappa shape index (κ1) is 18.2. The van der Waals surface area contributed by atoms with Gasteiger partial charge in [-0.15, -0.1) is 11.3 Å². The summed E-state index contributed by atoms with van der Waals surface area (Å²) in [5.74, 6) is 0. The zero-order valence-electron chi connectivity index (χ0n) is 14.8. The van der Waals surface area contributed by atoms with Gasteiger partial charge in [0, 0.05) is 24.0 Å². The number of thiazole rings is 1. The van der Waals surface area contributed by atoms with Gasteiger partial charge in [-0.25, -0.2) is 9.78 Å². The van der Waals surface area contributed by atoms with Crippen molar-refractivity contribution in [3.05, 3.63) is 58.1 Å². The lowest BCUT2D eigenvalue weighted by atomic mass is 9.92. The quantitative estimate of drug-likeness (QED) is 0.823. The summed E-state index contributed by atoms with van der Waals surface area (Å²) in [6, 6.07) is 7.93. The molecular formula is C19H25N3OS. The maximum Gasteiger partial charge on any atom is 0.315 e. The number of hydrogen-bond acceptors (Lipinski definition) is 3. The van der Waals surface area contributed by atoms with Crippen molar-refractivity contribution in [2.75, 3.05) is 6.54 Å². The molecule has 2 amide bonds. The Bertz CT molecular complexity index is 734. The first-order valence-corrected chi connectivity index (χ1v) is 8.89. The van der Waals surface area contributed by atoms with Gasteiger partial charge in [0.1, 0.15) is 0 Å². The van der Waals surface area contributed by atoms with E-state index in [-0.39, 0.29) is 6.03 Å². The van der Waals surface area contributed by atoms with Crippen molar-refractivity contribution in [2.45, 2.75) is 39.7 Å². The summed E-state index contributed by atoms with van der Waals surface area (Å²) in [6.45, 7) is 12.5. The molecule has 4 nitrogen and oxygen atoms in total. The summed E-state index contributed by atoms with van der Waals surface area (Å²) in [4.78, 5) is 16.6. The zero-order chi connectivity index (χ0) is 17.7. The molecule has 0 fully saturated rings. The van der Waals surface area contributed by atoms with E-state index in [1.165, 1.54) is 0 Å². The average molecular weight is 343 g/mol. The largest absolute Gasteiger partial charge is 0.338 e. The number of rotatable bonds is 6. The van der Waals surface area contributed by atoms with E-state index in [1.807, 2.05) is 51.3 Å². The molecule has 2 N–H and O–H groups in total. The number of urea groups is 1. The molecule has 2 rings (SSSR count). The van der Waals surface area contributed by atoms with Crippen molar-refractivity contribution in [3.8, 4) is 0 Å². The van der Waals surface area contributed by atoms with Crippen LogP contribution >= 0.6 is 11.3 Å². The Morgan fingerprint density at radius 1 is 1.38 bits per heavy atom. The number of aromatic nitrogens is 1. The lowest BCUT2D eigenvalue weighted by Gasteiger charge is -2.27. The molecule has 24 heavy (non-hydrogen) atoms. The number of benzene rings is 1. The molecule has 0 unspecified atom stereocenters. The number of carbonyl (C=O) groups is 1. The lowest BCUT2D eigenvalue weighted by molar-refractivity contribution is 0.230. The molecule has 1 heterocycles. The lowest BCUT2D eigenvalue weighted by Crippen LogP contribution is -2.46. The molecule has 0 aliphatic heterocycles. The Morgan fingerprint density at radius 3 is 2.75 bits per heavy atom. The summed E-state index contributed by atoms with van der Waals surface area (Å²) in [7, 11) is 0. The fourth-order valence-corrected chi connectivity index (χ4v) is 3.15. The standard InChI is InChI=1S/C19H25N3OS/c1-13(2)15-7-6-8-16(11-15)19(4,5)22-18(23)20-10-9-17-21-14(3)12-24-17/h6-8,11-12H,1,9-10H2,2-5H3,(H2,20,22,23). The summed E-state index contributed by atoms with van der Waals surface area (Å²) < 4.78 is 0. The second kappa shape index (κ2) is 7.62. The van der Waals surface area contributed by atoms with Gasteiger partial charge >= 0.3 is 6.03 Å². The maximum absolute atomic E-state index is 12.2. The van der Waals surface area contributed by atoms with Gasteiger partial charge < -0.3 is 10.6 Å². The molecular weight excluding hydrogens is 318 g/mol. The second-order valence-electron chi connectivity index (χ2n) is 6.50. The molecule has 0 saturated carbocycles. The summed E-state index contributed by atoms with van der Waals surface area (Å²) >= 11 is 1.62. The van der Waals surface area contributed by atoms with E-state index in [9.17, 15) is 4.79 Å². The fourth-order valence-electron chi connectivity index (χ4n) is 2.37. The van der Waals surface area contributed by atoms with Crippen LogP contribution in [0.5, 0.6) is 0 Å². The molecule has 5 heteroatoms. The summed E-state index contributed by atoms with van der Waals surface area (Å²) in [6.07, 6.45) is 0.748. The third kappa shape index (κ3) is 4.93. The van der Waals surface area contributed by atoms with Gasteiger partial charge in [-0.05, 0) is 44.9 Å². The normalized spacial score (nSPS) is 11.2. The molecule has 128 valence electrons. The molecule has 0 aliphatic carbocycles. The van der Waals surface area contributed by atoms with E-state index in [0.29, 0.717) is 6.54 Å². The first-order chi connectivity index (χ1) is 11.3. The van der Waals surface area contributed by atoms with Crippen LogP contribution in [0, 0.1) is 6.92 Å². The highest BCUT2D eigenvalue weighted by Gasteiger charge is 2.23. The van der Waals surface area contributed by atoms with Gasteiger partial charge in [-0.1, -0.05) is 30.4 Å². The first-order valence-electron chi connectivity index (χ1n) is 8.01. The average Bonchev–Trinajstić information content (AvgIpc) is 2.92. The van der Waals surface area contributed by atoms with E-state index >= 15 is 0 Å². The smallest absolute Gasteiger partial charge is 0.315 e. The third-order valence-corrected chi connectivity index (χ3v) is 4.82. The highest BCUT2D eigenvalue weighted by atomic mass is 32.1. The van der Waals surface area contributed by atoms with Crippen molar-refractivity contribution in [1.82, 2.24) is 15.6 Å². The van der Waals surface area contributed by atoms with Gasteiger partial charge in [0.25, 0.3) is 0 Å². The number of aryl methyl sites for hydroxylation is 1. The topological polar surface area (TPSA) is 54.0 Å². The van der Waals surface area contributed by atoms with Gasteiger partial charge in [0.2, 0.25) is 0 Å². The molecule has 2 aromatic rings. The number of nitrogens with zero attached hydrogens (tertiary/aromatic N) is 1. The Morgan fingerprint density at radius 2 is 2.12 bits per heavy atom. The third-order valence-electron chi connectivity index (χ3n) is 3.79. The molecule has 0 atom stereocenters. The van der Waals surface area contributed by atoms with E-state index in [1.54, 1.807) is 11.3 Å². The Labute approximate surface area is 148 Å². The van der Waals surface area contributed by atoms with Crippen molar-refractivity contribution in [3.63, 3.8) is 0 Å². The van der Waals surface area contributed by atoms with Crippen LogP contribution < -0.4 is 10.6 Å². The molecule has 0 spiro atoms. The molecule has 1 aromatic heterocycles. The van der Waals surface area contributed by atoms with Crippen LogP contribution in [0.4, 0.5) is 4.79 Å². The molecule has 1 aromatic carbocycles. The van der Waals surface area contributed by atoms with Gasteiger partial charge in [0.15, 0.2) is 0 Å². The SMILES string of the molecule is C=C(C)c1cccc(C(C)(C)NC(=O)NCCc2nc(C)cs2)c1. The minimum Gasteiger partial charge on any atom is -0.338 e. The van der Waals surface area contributed by atoms with E-state index in [0.717, 1.165) is 33.8 Å². The van der Waals surface area contributed by atoms with E-state index < -0.39 is 5.54 Å². The number of nitrogens with one attached hydrogen (secondary N) is 2. The van der Waals surface area contributed by atoms with E-state index in [2.05, 4.69) is 28.3 Å². The number of hydrogen-bond donors (Lipinski definition) is 2. The van der Waals surface area contributed by atoms with Gasteiger partial charge in [-0.2, -0.15) is 0 Å². The van der Waals surface area contributed by atoms with Crippen LogP contribution in [0.25, 0.3) is 5.57 Å². The van der Waals surface area contributed by atoms with Crippen LogP contribution in [0.3, 0.4) is 0 Å². The van der Waals surface area contributed by atoms with Gasteiger partial charge in [-0.3, -0.25) is 0 Å². The van der Waals surface area contributed by atoms with Gasteiger partial charge in [0.05, 0.1) is 10.5 Å². The number of amides is 2. The Balaban J connectivity index is 1.91. The van der Waals surface area contributed by atoms with E-state index in [4.69, 9.17) is 0 Å². The predicted octanol–water partition coefficient (Wildman–Crippen LogP) is 4.26. The fraction of sp³-hybridized carbons (Fsp3) is 0.368. The van der Waals surface area contributed by atoms with Crippen molar-refractivity contribution in [2.24, 2.45) is 0 Å². The number of carbonyl (C=O) groups excluding carboxylic acids is 1. The molecule has 0 aliphatic rings. The minimum atomic E-state index is -0.465. The summed E-state index contributed by atoms with van der Waals surface area (Å²) in [5, 5.41) is 9.00. The Hall–Kier alpha value is -2.14. The Kier molecular flexibility index (Phi) is 5.78. The molecule has 0 bridgehead atoms. The van der Waals surface area contributed by atoms with Crippen LogP contribution in [-0.2, 0) is 12.0 Å². The van der Waals surface area contributed by atoms with Crippen molar-refractivity contribution in [1.29, 1.82) is 0 Å². The zero-order valence-corrected chi connectivity index (χ0v) is 15.6. The van der Waals surface area contributed by atoms with Crippen LogP contribution in [0.1, 0.15) is 42.6 Å². The monoisotopic (exact) mass is 343 g/mol. The van der Waals surface area contributed by atoms with Crippen molar-refractivity contribution >= 4 is 22.9 Å². The summed E-state index contributed by atoms with van der Waals surface area (Å²) in [5.41, 5.74) is 3.71. The van der Waals surface area contributed by atoms with Crippen molar-refractivity contribution < 1.29 is 4.79 Å². The molecule has 0 radical (unpaired) electrons. The highest BCUT2D eigenvalue weighted by Crippen LogP contribution is 2.23. The highest BCUT2D eigenvalue weighted by molar-refractivity contribution is 7.09. The number of allylic oxidation sites excluding steroid dienone is 1. The van der Waals surface area contributed by atoms with Crippen LogP contribution in [0.2, 0.25) is 0 Å².